The van der Waals surface area contributed by atoms with Gasteiger partial charge in [-0.05, 0) is 30.2 Å². The Balaban J connectivity index is 2.49. The fourth-order valence-corrected chi connectivity index (χ4v) is 1.80. The van der Waals surface area contributed by atoms with E-state index in [0.717, 1.165) is 24.4 Å². The Kier molecular flexibility index (Phi) is 1.88. The van der Waals surface area contributed by atoms with Gasteiger partial charge in [-0.1, -0.05) is 12.1 Å². The van der Waals surface area contributed by atoms with Gasteiger partial charge < -0.3 is 5.32 Å². The molecule has 0 atom stereocenters. The molecule has 1 aromatic rings. The standard InChI is InChI=1S/C9H11NS/c11-9-3-1-2-7-4-5-10-6-8(7)9/h1-3,10-11H,4-6H2. The predicted octanol–water partition coefficient (Wildman–Crippen LogP) is 1.62. The molecule has 58 valence electrons. The summed E-state index contributed by atoms with van der Waals surface area (Å²) in [5.74, 6) is 0. The SMILES string of the molecule is Sc1cccc2c1CNCC2. The van der Waals surface area contributed by atoms with Crippen molar-refractivity contribution >= 4 is 12.6 Å². The zero-order chi connectivity index (χ0) is 7.68. The summed E-state index contributed by atoms with van der Waals surface area (Å²) in [5, 5.41) is 3.33. The smallest absolute Gasteiger partial charge is 0.0219 e. The lowest BCUT2D eigenvalue weighted by atomic mass is 10.0. The largest absolute Gasteiger partial charge is 0.312 e. The topological polar surface area (TPSA) is 12.0 Å². The Morgan fingerprint density at radius 2 is 2.27 bits per heavy atom. The van der Waals surface area contributed by atoms with Crippen molar-refractivity contribution in [2.75, 3.05) is 6.54 Å². The lowest BCUT2D eigenvalue weighted by Crippen LogP contribution is -2.23. The van der Waals surface area contributed by atoms with E-state index in [2.05, 4.69) is 36.1 Å². The highest BCUT2D eigenvalue weighted by molar-refractivity contribution is 7.80. The van der Waals surface area contributed by atoms with Crippen molar-refractivity contribution < 1.29 is 0 Å². The first-order valence-corrected chi connectivity index (χ1v) is 4.33. The summed E-state index contributed by atoms with van der Waals surface area (Å²) < 4.78 is 0. The van der Waals surface area contributed by atoms with E-state index in [9.17, 15) is 0 Å². The summed E-state index contributed by atoms with van der Waals surface area (Å²) in [6, 6.07) is 6.32. The van der Waals surface area contributed by atoms with E-state index >= 15 is 0 Å². The third kappa shape index (κ3) is 1.28. The summed E-state index contributed by atoms with van der Waals surface area (Å²) in [7, 11) is 0. The van der Waals surface area contributed by atoms with Crippen LogP contribution >= 0.6 is 12.6 Å². The average Bonchev–Trinajstić information content (AvgIpc) is 2.06. The van der Waals surface area contributed by atoms with Gasteiger partial charge in [0.1, 0.15) is 0 Å². The van der Waals surface area contributed by atoms with Crippen LogP contribution < -0.4 is 5.32 Å². The van der Waals surface area contributed by atoms with Gasteiger partial charge in [0, 0.05) is 11.4 Å². The van der Waals surface area contributed by atoms with Crippen LogP contribution in [0.15, 0.2) is 23.1 Å². The summed E-state index contributed by atoms with van der Waals surface area (Å²) in [6.07, 6.45) is 1.14. The maximum absolute atomic E-state index is 4.40. The molecule has 11 heavy (non-hydrogen) atoms. The lowest BCUT2D eigenvalue weighted by molar-refractivity contribution is 0.635. The molecule has 2 rings (SSSR count). The second kappa shape index (κ2) is 2.88. The Bertz CT molecular complexity index is 270. The van der Waals surface area contributed by atoms with Gasteiger partial charge in [-0.25, -0.2) is 0 Å². The van der Waals surface area contributed by atoms with Crippen molar-refractivity contribution in [3.05, 3.63) is 29.3 Å². The van der Waals surface area contributed by atoms with E-state index in [-0.39, 0.29) is 0 Å². The molecule has 1 heterocycles. The van der Waals surface area contributed by atoms with Crippen molar-refractivity contribution in [2.24, 2.45) is 0 Å². The number of rotatable bonds is 0. The van der Waals surface area contributed by atoms with Crippen molar-refractivity contribution in [1.82, 2.24) is 5.32 Å². The Hall–Kier alpha value is -0.470. The molecule has 2 heteroatoms. The number of hydrogen-bond donors (Lipinski definition) is 2. The van der Waals surface area contributed by atoms with E-state index < -0.39 is 0 Å². The Labute approximate surface area is 72.2 Å². The maximum Gasteiger partial charge on any atom is 0.0219 e. The molecule has 0 aliphatic carbocycles. The molecule has 0 bridgehead atoms. The molecular formula is C9H11NS. The van der Waals surface area contributed by atoms with Crippen molar-refractivity contribution in [3.8, 4) is 0 Å². The maximum atomic E-state index is 4.40. The molecule has 0 aromatic heterocycles. The first kappa shape index (κ1) is 7.19. The van der Waals surface area contributed by atoms with E-state index in [1.807, 2.05) is 0 Å². The fourth-order valence-electron chi connectivity index (χ4n) is 1.50. The van der Waals surface area contributed by atoms with E-state index in [1.54, 1.807) is 0 Å². The first-order chi connectivity index (χ1) is 5.38. The molecule has 1 aromatic carbocycles. The van der Waals surface area contributed by atoms with Crippen LogP contribution in [0.3, 0.4) is 0 Å². The number of benzene rings is 1. The van der Waals surface area contributed by atoms with Gasteiger partial charge in [-0.2, -0.15) is 0 Å². The second-order valence-electron chi connectivity index (χ2n) is 2.84. The average molecular weight is 165 g/mol. The Morgan fingerprint density at radius 3 is 3.09 bits per heavy atom. The van der Waals surface area contributed by atoms with Gasteiger partial charge in [0.25, 0.3) is 0 Å². The molecule has 0 amide bonds. The molecule has 0 saturated heterocycles. The number of fused-ring (bicyclic) bond motifs is 1. The van der Waals surface area contributed by atoms with E-state index in [4.69, 9.17) is 0 Å². The highest BCUT2D eigenvalue weighted by atomic mass is 32.1. The van der Waals surface area contributed by atoms with Crippen LogP contribution in [0.4, 0.5) is 0 Å². The van der Waals surface area contributed by atoms with E-state index in [1.165, 1.54) is 11.1 Å². The van der Waals surface area contributed by atoms with Gasteiger partial charge in [-0.3, -0.25) is 0 Å². The number of nitrogens with one attached hydrogen (secondary N) is 1. The Morgan fingerprint density at radius 1 is 1.36 bits per heavy atom. The van der Waals surface area contributed by atoms with Gasteiger partial charge in [0.15, 0.2) is 0 Å². The van der Waals surface area contributed by atoms with Crippen molar-refractivity contribution in [3.63, 3.8) is 0 Å². The third-order valence-electron chi connectivity index (χ3n) is 2.12. The molecular weight excluding hydrogens is 154 g/mol. The van der Waals surface area contributed by atoms with Crippen molar-refractivity contribution in [2.45, 2.75) is 17.9 Å². The minimum Gasteiger partial charge on any atom is -0.312 e. The van der Waals surface area contributed by atoms with Crippen LogP contribution in [0.25, 0.3) is 0 Å². The summed E-state index contributed by atoms with van der Waals surface area (Å²) >= 11 is 4.40. The lowest BCUT2D eigenvalue weighted by Gasteiger charge is -2.17. The molecule has 1 N–H and O–H groups in total. The van der Waals surface area contributed by atoms with Crippen LogP contribution in [-0.4, -0.2) is 6.54 Å². The monoisotopic (exact) mass is 165 g/mol. The quantitative estimate of drug-likeness (QED) is 0.557. The molecule has 1 aliphatic heterocycles. The molecule has 0 unspecified atom stereocenters. The molecule has 0 saturated carbocycles. The molecule has 1 aliphatic rings. The first-order valence-electron chi connectivity index (χ1n) is 3.88. The summed E-state index contributed by atoms with van der Waals surface area (Å²) in [5.41, 5.74) is 2.83. The zero-order valence-corrected chi connectivity index (χ0v) is 7.20. The van der Waals surface area contributed by atoms with Crippen LogP contribution in [0.5, 0.6) is 0 Å². The minimum atomic E-state index is 0.981. The van der Waals surface area contributed by atoms with Crippen LogP contribution in [0, 0.1) is 0 Å². The number of thiol groups is 1. The summed E-state index contributed by atoms with van der Waals surface area (Å²) in [6.45, 7) is 2.08. The highest BCUT2D eigenvalue weighted by Gasteiger charge is 2.09. The predicted molar refractivity (Wildman–Crippen MR) is 49.1 cm³/mol. The van der Waals surface area contributed by atoms with Crippen LogP contribution in [0.2, 0.25) is 0 Å². The van der Waals surface area contributed by atoms with Gasteiger partial charge in [0.05, 0.1) is 0 Å². The molecule has 0 radical (unpaired) electrons. The fraction of sp³-hybridized carbons (Fsp3) is 0.333. The van der Waals surface area contributed by atoms with Crippen molar-refractivity contribution in [1.29, 1.82) is 0 Å². The van der Waals surface area contributed by atoms with Gasteiger partial charge in [0.2, 0.25) is 0 Å². The minimum absolute atomic E-state index is 0.981. The summed E-state index contributed by atoms with van der Waals surface area (Å²) in [4.78, 5) is 1.12. The highest BCUT2D eigenvalue weighted by Crippen LogP contribution is 2.20. The van der Waals surface area contributed by atoms with Gasteiger partial charge >= 0.3 is 0 Å². The normalized spacial score (nSPS) is 16.1. The zero-order valence-electron chi connectivity index (χ0n) is 6.30. The number of hydrogen-bond acceptors (Lipinski definition) is 2. The molecule has 1 nitrogen and oxygen atoms in total. The van der Waals surface area contributed by atoms with Gasteiger partial charge in [-0.15, -0.1) is 12.6 Å². The van der Waals surface area contributed by atoms with E-state index in [0.29, 0.717) is 0 Å². The van der Waals surface area contributed by atoms with Crippen LogP contribution in [-0.2, 0) is 13.0 Å². The second-order valence-corrected chi connectivity index (χ2v) is 3.32. The molecule has 0 fully saturated rings. The molecule has 0 spiro atoms. The van der Waals surface area contributed by atoms with Crippen LogP contribution in [0.1, 0.15) is 11.1 Å². The third-order valence-corrected chi connectivity index (χ3v) is 2.54.